The molecular weight excluding hydrogens is 331 g/mol. The number of unbranched alkanes of at least 4 members (excludes halogenated alkanes) is 3. The standard InChI is InChI=1S/C15H28F3NO3S/c1-6-7-8-9-10-11(13(20)22-5)12(15(16,17)18)19-23(21)14(2,3)4/h11-12,19H,6-10H2,1-5H3/t11-,12-,23-/m1/s1. The van der Waals surface area contributed by atoms with Gasteiger partial charge in [-0.15, -0.1) is 0 Å². The Morgan fingerprint density at radius 1 is 1.17 bits per heavy atom. The van der Waals surface area contributed by atoms with Gasteiger partial charge in [-0.25, -0.2) is 8.93 Å². The monoisotopic (exact) mass is 359 g/mol. The van der Waals surface area contributed by atoms with Crippen molar-refractivity contribution >= 4 is 17.0 Å². The van der Waals surface area contributed by atoms with Crippen LogP contribution in [0.4, 0.5) is 13.2 Å². The fourth-order valence-electron chi connectivity index (χ4n) is 2.03. The van der Waals surface area contributed by atoms with Crippen molar-refractivity contribution in [2.75, 3.05) is 7.11 Å². The summed E-state index contributed by atoms with van der Waals surface area (Å²) in [7, 11) is -0.875. The molecule has 0 aliphatic carbocycles. The number of hydrogen-bond acceptors (Lipinski definition) is 3. The lowest BCUT2D eigenvalue weighted by Gasteiger charge is -2.30. The Kier molecular flexibility index (Phi) is 9.35. The van der Waals surface area contributed by atoms with Crippen LogP contribution >= 0.6 is 0 Å². The number of nitrogens with one attached hydrogen (secondary N) is 1. The van der Waals surface area contributed by atoms with Crippen LogP contribution in [0.15, 0.2) is 0 Å². The van der Waals surface area contributed by atoms with Gasteiger partial charge in [-0.05, 0) is 27.2 Å². The average Bonchev–Trinajstić information content (AvgIpc) is 2.42. The molecule has 0 radical (unpaired) electrons. The van der Waals surface area contributed by atoms with Crippen LogP contribution in [0, 0.1) is 5.92 Å². The van der Waals surface area contributed by atoms with Gasteiger partial charge in [0.1, 0.15) is 6.04 Å². The summed E-state index contributed by atoms with van der Waals surface area (Å²) >= 11 is 0. The lowest BCUT2D eigenvalue weighted by Crippen LogP contribution is -2.53. The van der Waals surface area contributed by atoms with Gasteiger partial charge in [0.15, 0.2) is 0 Å². The Bertz CT molecular complexity index is 394. The van der Waals surface area contributed by atoms with Crippen LogP contribution in [0.1, 0.15) is 59.8 Å². The van der Waals surface area contributed by atoms with E-state index in [-0.39, 0.29) is 6.42 Å². The van der Waals surface area contributed by atoms with E-state index in [1.54, 1.807) is 20.8 Å². The zero-order chi connectivity index (χ0) is 18.3. The van der Waals surface area contributed by atoms with Crippen LogP contribution in [-0.4, -0.2) is 34.3 Å². The van der Waals surface area contributed by atoms with Crippen molar-refractivity contribution in [3.05, 3.63) is 0 Å². The zero-order valence-electron chi connectivity index (χ0n) is 14.5. The summed E-state index contributed by atoms with van der Waals surface area (Å²) < 4.78 is 58.0. The Labute approximate surface area is 139 Å². The number of methoxy groups -OCH3 is 1. The quantitative estimate of drug-likeness (QED) is 0.504. The SMILES string of the molecule is CCCCCC[C@@H](C(=O)OC)[C@@H](N[S@](=O)C(C)(C)C)C(F)(F)F. The van der Waals surface area contributed by atoms with E-state index in [1.165, 1.54) is 0 Å². The molecule has 138 valence electrons. The van der Waals surface area contributed by atoms with Gasteiger partial charge in [-0.1, -0.05) is 32.6 Å². The van der Waals surface area contributed by atoms with E-state index in [1.807, 2.05) is 6.92 Å². The molecule has 0 aliphatic rings. The Morgan fingerprint density at radius 3 is 2.13 bits per heavy atom. The van der Waals surface area contributed by atoms with Crippen molar-refractivity contribution in [1.82, 2.24) is 4.72 Å². The van der Waals surface area contributed by atoms with Crippen molar-refractivity contribution in [1.29, 1.82) is 0 Å². The topological polar surface area (TPSA) is 55.4 Å². The number of rotatable bonds is 9. The second kappa shape index (κ2) is 9.61. The van der Waals surface area contributed by atoms with E-state index in [9.17, 15) is 22.2 Å². The third-order valence-corrected chi connectivity index (χ3v) is 5.00. The van der Waals surface area contributed by atoms with E-state index in [2.05, 4.69) is 9.46 Å². The molecule has 0 rings (SSSR count). The number of halogens is 3. The zero-order valence-corrected chi connectivity index (χ0v) is 15.3. The molecule has 0 heterocycles. The van der Waals surface area contributed by atoms with Gasteiger partial charge in [0, 0.05) is 0 Å². The van der Waals surface area contributed by atoms with Crippen molar-refractivity contribution in [2.24, 2.45) is 5.92 Å². The maximum absolute atomic E-state index is 13.4. The van der Waals surface area contributed by atoms with Gasteiger partial charge >= 0.3 is 12.1 Å². The first kappa shape index (κ1) is 22.4. The Balaban J connectivity index is 5.24. The number of carbonyl (C=O) groups excluding carboxylic acids is 1. The minimum absolute atomic E-state index is 0.0468. The molecule has 0 amide bonds. The largest absolute Gasteiger partial charge is 0.469 e. The molecule has 0 aromatic heterocycles. The number of hydrogen-bond donors (Lipinski definition) is 1. The van der Waals surface area contributed by atoms with Crippen LogP contribution in [0.25, 0.3) is 0 Å². The van der Waals surface area contributed by atoms with Gasteiger partial charge in [0.05, 0.1) is 28.8 Å². The van der Waals surface area contributed by atoms with E-state index in [4.69, 9.17) is 0 Å². The van der Waals surface area contributed by atoms with Gasteiger partial charge in [-0.3, -0.25) is 4.79 Å². The molecular formula is C15H28F3NO3S. The van der Waals surface area contributed by atoms with Crippen LogP contribution in [-0.2, 0) is 20.5 Å². The maximum atomic E-state index is 13.4. The summed E-state index contributed by atoms with van der Waals surface area (Å²) in [6.07, 6.45) is -1.57. The van der Waals surface area contributed by atoms with Crippen LogP contribution in [0.5, 0.6) is 0 Å². The summed E-state index contributed by atoms with van der Waals surface area (Å²) in [6.45, 7) is 6.69. The number of esters is 1. The molecule has 0 saturated carbocycles. The lowest BCUT2D eigenvalue weighted by molar-refractivity contribution is -0.178. The van der Waals surface area contributed by atoms with E-state index >= 15 is 0 Å². The van der Waals surface area contributed by atoms with Crippen LogP contribution in [0.3, 0.4) is 0 Å². The van der Waals surface area contributed by atoms with Gasteiger partial charge in [0.2, 0.25) is 0 Å². The summed E-state index contributed by atoms with van der Waals surface area (Å²) in [5.74, 6) is -2.33. The molecule has 8 heteroatoms. The summed E-state index contributed by atoms with van der Waals surface area (Å²) in [5.41, 5.74) is 0. The normalized spacial score (nSPS) is 16.7. The van der Waals surface area contributed by atoms with E-state index < -0.39 is 39.8 Å². The molecule has 3 atom stereocenters. The first-order valence-electron chi connectivity index (χ1n) is 7.77. The molecule has 0 bridgehead atoms. The van der Waals surface area contributed by atoms with Crippen molar-refractivity contribution in [3.8, 4) is 0 Å². The number of alkyl halides is 3. The summed E-state index contributed by atoms with van der Waals surface area (Å²) in [6, 6.07) is -2.18. The molecule has 0 aromatic carbocycles. The minimum atomic E-state index is -4.69. The fraction of sp³-hybridized carbons (Fsp3) is 0.933. The van der Waals surface area contributed by atoms with E-state index in [0.717, 1.165) is 26.4 Å². The first-order valence-corrected chi connectivity index (χ1v) is 8.92. The van der Waals surface area contributed by atoms with Crippen LogP contribution < -0.4 is 4.72 Å². The predicted octanol–water partition coefficient (Wildman–Crippen LogP) is 3.73. The minimum Gasteiger partial charge on any atom is -0.469 e. The highest BCUT2D eigenvalue weighted by Crippen LogP contribution is 2.31. The predicted molar refractivity (Wildman–Crippen MR) is 85.1 cm³/mol. The average molecular weight is 359 g/mol. The Morgan fingerprint density at radius 2 is 1.74 bits per heavy atom. The second-order valence-corrected chi connectivity index (χ2v) is 8.50. The number of ether oxygens (including phenoxy) is 1. The van der Waals surface area contributed by atoms with Crippen molar-refractivity contribution in [3.63, 3.8) is 0 Å². The highest BCUT2D eigenvalue weighted by atomic mass is 32.2. The molecule has 0 unspecified atom stereocenters. The highest BCUT2D eigenvalue weighted by molar-refractivity contribution is 7.84. The van der Waals surface area contributed by atoms with Gasteiger partial charge < -0.3 is 4.74 Å². The molecule has 23 heavy (non-hydrogen) atoms. The van der Waals surface area contributed by atoms with Gasteiger partial charge in [0.25, 0.3) is 0 Å². The summed E-state index contributed by atoms with van der Waals surface area (Å²) in [5, 5.41) is 0. The maximum Gasteiger partial charge on any atom is 0.405 e. The Hall–Kier alpha value is -0.630. The molecule has 0 aliphatic heterocycles. The first-order chi connectivity index (χ1) is 10.4. The fourth-order valence-corrected chi connectivity index (χ4v) is 2.91. The van der Waals surface area contributed by atoms with Crippen molar-refractivity contribution in [2.45, 2.75) is 76.8 Å². The number of carbonyl (C=O) groups is 1. The van der Waals surface area contributed by atoms with Gasteiger partial charge in [-0.2, -0.15) is 13.2 Å². The van der Waals surface area contributed by atoms with E-state index in [0.29, 0.717) is 6.42 Å². The molecule has 1 N–H and O–H groups in total. The molecule has 0 saturated heterocycles. The highest BCUT2D eigenvalue weighted by Gasteiger charge is 2.49. The summed E-state index contributed by atoms with van der Waals surface area (Å²) in [4.78, 5) is 11.8. The van der Waals surface area contributed by atoms with Crippen LogP contribution in [0.2, 0.25) is 0 Å². The second-order valence-electron chi connectivity index (χ2n) is 6.50. The smallest absolute Gasteiger partial charge is 0.405 e. The molecule has 0 spiro atoms. The third kappa shape index (κ3) is 8.15. The molecule has 0 fully saturated rings. The molecule has 4 nitrogen and oxygen atoms in total. The molecule has 0 aromatic rings. The van der Waals surface area contributed by atoms with Crippen molar-refractivity contribution < 1.29 is 26.9 Å². The third-order valence-electron chi connectivity index (χ3n) is 3.42. The lowest BCUT2D eigenvalue weighted by atomic mass is 9.93.